The number of hydrogen-bond donors (Lipinski definition) is 2. The van der Waals surface area contributed by atoms with Crippen LogP contribution in [-0.4, -0.2) is 29.3 Å². The largest absolute Gasteiger partial charge is 0.321 e. The summed E-state index contributed by atoms with van der Waals surface area (Å²) in [5.41, 5.74) is 1.11. The number of carbonyl (C=O) groups excluding carboxylic acids is 1. The summed E-state index contributed by atoms with van der Waals surface area (Å²) in [4.78, 5) is 25.8. The predicted octanol–water partition coefficient (Wildman–Crippen LogP) is 4.62. The molecule has 8 nitrogen and oxygen atoms in total. The average molecular weight is 486 g/mol. The molecule has 0 aliphatic carbocycles. The normalized spacial score (nSPS) is 11.2. The zero-order valence-corrected chi connectivity index (χ0v) is 19.0. The van der Waals surface area contributed by atoms with E-state index in [9.17, 15) is 13.2 Å². The summed E-state index contributed by atoms with van der Waals surface area (Å²) in [6, 6.07) is 14.2. The molecule has 4 aromatic rings. The van der Waals surface area contributed by atoms with Crippen molar-refractivity contribution >= 4 is 50.2 Å². The summed E-state index contributed by atoms with van der Waals surface area (Å²) in [5.74, 6) is 0.0224. The van der Waals surface area contributed by atoms with Crippen LogP contribution < -0.4 is 10.0 Å². The Morgan fingerprint density at radius 1 is 1.03 bits per heavy atom. The maximum absolute atomic E-state index is 12.8. The fraction of sp³-hybridized carbons (Fsp3) is 0.0476. The molecule has 0 aliphatic rings. The fourth-order valence-corrected chi connectivity index (χ4v) is 5.06. The number of para-hydroxylation sites is 1. The number of amides is 1. The Balaban J connectivity index is 1.55. The predicted molar refractivity (Wildman–Crippen MR) is 125 cm³/mol. The van der Waals surface area contributed by atoms with Crippen molar-refractivity contribution in [3.05, 3.63) is 82.6 Å². The molecule has 0 atom stereocenters. The minimum absolute atomic E-state index is 0.0189. The van der Waals surface area contributed by atoms with Crippen LogP contribution in [0.3, 0.4) is 0 Å². The molecule has 0 saturated carbocycles. The average Bonchev–Trinajstić information content (AvgIpc) is 3.18. The molecule has 2 N–H and O–H groups in total. The molecule has 4 rings (SSSR count). The fourth-order valence-electron chi connectivity index (χ4n) is 2.79. The van der Waals surface area contributed by atoms with Crippen molar-refractivity contribution in [2.24, 2.45) is 0 Å². The molecule has 0 fully saturated rings. The number of carbonyl (C=O) groups is 1. The van der Waals surface area contributed by atoms with Gasteiger partial charge in [0, 0.05) is 18.1 Å². The zero-order valence-electron chi connectivity index (χ0n) is 16.6. The number of aryl methyl sites for hydroxylation is 1. The van der Waals surface area contributed by atoms with Crippen LogP contribution in [-0.2, 0) is 10.0 Å². The molecule has 2 aromatic heterocycles. The van der Waals surface area contributed by atoms with Gasteiger partial charge >= 0.3 is 0 Å². The van der Waals surface area contributed by atoms with E-state index in [4.69, 9.17) is 11.6 Å². The van der Waals surface area contributed by atoms with Crippen LogP contribution in [0.15, 0.2) is 71.9 Å². The topological polar surface area (TPSA) is 114 Å². The zero-order chi connectivity index (χ0) is 22.7. The van der Waals surface area contributed by atoms with Crippen molar-refractivity contribution in [1.82, 2.24) is 15.0 Å². The molecule has 0 unspecified atom stereocenters. The van der Waals surface area contributed by atoms with Crippen LogP contribution in [0.1, 0.15) is 15.4 Å². The molecule has 0 bridgehead atoms. The SMILES string of the molecule is Cc1nc(-c2ncccn2)sc1C(=O)Nc1cccc(S(=O)(=O)Nc2ccccc2Cl)c1. The Kier molecular flexibility index (Phi) is 6.17. The lowest BCUT2D eigenvalue weighted by Crippen LogP contribution is -2.15. The van der Waals surface area contributed by atoms with E-state index in [1.54, 1.807) is 61.8 Å². The standard InChI is InChI=1S/C21H16ClN5O3S2/c1-13-18(31-21(25-13)19-23-10-5-11-24-19)20(28)26-14-6-4-7-15(12-14)32(29,30)27-17-9-3-2-8-16(17)22/h2-12,27H,1H3,(H,26,28). The first kappa shape index (κ1) is 21.9. The summed E-state index contributed by atoms with van der Waals surface area (Å²) in [5, 5.41) is 3.52. The van der Waals surface area contributed by atoms with Gasteiger partial charge < -0.3 is 5.32 Å². The minimum Gasteiger partial charge on any atom is -0.321 e. The second kappa shape index (κ2) is 9.03. The van der Waals surface area contributed by atoms with Crippen LogP contribution in [0.25, 0.3) is 10.8 Å². The van der Waals surface area contributed by atoms with E-state index in [-0.39, 0.29) is 15.6 Å². The van der Waals surface area contributed by atoms with Crippen molar-refractivity contribution in [2.75, 3.05) is 10.0 Å². The Bertz CT molecular complexity index is 1390. The maximum Gasteiger partial charge on any atom is 0.267 e. The van der Waals surface area contributed by atoms with Gasteiger partial charge in [0.15, 0.2) is 10.8 Å². The molecule has 162 valence electrons. The summed E-state index contributed by atoms with van der Waals surface area (Å²) < 4.78 is 28.0. The molecule has 11 heteroatoms. The van der Waals surface area contributed by atoms with Crippen LogP contribution in [0.2, 0.25) is 5.02 Å². The van der Waals surface area contributed by atoms with E-state index in [2.05, 4.69) is 25.0 Å². The van der Waals surface area contributed by atoms with E-state index in [0.717, 1.165) is 11.3 Å². The second-order valence-electron chi connectivity index (χ2n) is 6.57. The lowest BCUT2D eigenvalue weighted by atomic mass is 10.3. The van der Waals surface area contributed by atoms with Crippen LogP contribution >= 0.6 is 22.9 Å². The van der Waals surface area contributed by atoms with Gasteiger partial charge in [-0.3, -0.25) is 9.52 Å². The van der Waals surface area contributed by atoms with Gasteiger partial charge in [-0.05, 0) is 43.3 Å². The Morgan fingerprint density at radius 3 is 2.53 bits per heavy atom. The highest BCUT2D eigenvalue weighted by Crippen LogP contribution is 2.27. The Labute approximate surface area is 193 Å². The van der Waals surface area contributed by atoms with Gasteiger partial charge in [-0.2, -0.15) is 0 Å². The highest BCUT2D eigenvalue weighted by Gasteiger charge is 2.20. The van der Waals surface area contributed by atoms with Crippen molar-refractivity contribution in [3.8, 4) is 10.8 Å². The molecule has 32 heavy (non-hydrogen) atoms. The van der Waals surface area contributed by atoms with Gasteiger partial charge in [0.05, 0.1) is 21.3 Å². The van der Waals surface area contributed by atoms with Gasteiger partial charge in [0.1, 0.15) is 4.88 Å². The monoisotopic (exact) mass is 485 g/mol. The molecular weight excluding hydrogens is 470 g/mol. The van der Waals surface area contributed by atoms with E-state index in [0.29, 0.717) is 27.1 Å². The quantitative estimate of drug-likeness (QED) is 0.412. The Hall–Kier alpha value is -3.34. The molecular formula is C21H16ClN5O3S2. The van der Waals surface area contributed by atoms with Crippen molar-refractivity contribution in [2.45, 2.75) is 11.8 Å². The first-order chi connectivity index (χ1) is 15.3. The second-order valence-corrected chi connectivity index (χ2v) is 9.66. The first-order valence-electron chi connectivity index (χ1n) is 9.27. The number of benzene rings is 2. The van der Waals surface area contributed by atoms with Crippen LogP contribution in [0, 0.1) is 6.92 Å². The molecule has 0 saturated heterocycles. The number of aromatic nitrogens is 3. The summed E-state index contributed by atoms with van der Waals surface area (Å²) in [6.07, 6.45) is 3.20. The van der Waals surface area contributed by atoms with E-state index < -0.39 is 15.9 Å². The maximum atomic E-state index is 12.8. The van der Waals surface area contributed by atoms with Gasteiger partial charge in [0.25, 0.3) is 15.9 Å². The third-order valence-electron chi connectivity index (χ3n) is 4.28. The summed E-state index contributed by atoms with van der Waals surface area (Å²) in [6.45, 7) is 1.71. The van der Waals surface area contributed by atoms with Crippen molar-refractivity contribution in [3.63, 3.8) is 0 Å². The van der Waals surface area contributed by atoms with E-state index >= 15 is 0 Å². The number of anilines is 2. The highest BCUT2D eigenvalue weighted by atomic mass is 35.5. The van der Waals surface area contributed by atoms with Crippen molar-refractivity contribution < 1.29 is 13.2 Å². The number of nitrogens with zero attached hydrogens (tertiary/aromatic N) is 3. The van der Waals surface area contributed by atoms with Gasteiger partial charge in [-0.25, -0.2) is 23.4 Å². The molecule has 2 heterocycles. The molecule has 0 radical (unpaired) electrons. The number of thiazole rings is 1. The number of rotatable bonds is 6. The lowest BCUT2D eigenvalue weighted by molar-refractivity contribution is 0.102. The van der Waals surface area contributed by atoms with Crippen LogP contribution in [0.5, 0.6) is 0 Å². The molecule has 1 amide bonds. The summed E-state index contributed by atoms with van der Waals surface area (Å²) >= 11 is 7.21. The van der Waals surface area contributed by atoms with E-state index in [1.807, 2.05) is 0 Å². The first-order valence-corrected chi connectivity index (χ1v) is 11.9. The molecule has 0 spiro atoms. The van der Waals surface area contributed by atoms with Crippen molar-refractivity contribution in [1.29, 1.82) is 0 Å². The minimum atomic E-state index is -3.91. The van der Waals surface area contributed by atoms with Crippen LogP contribution in [0.4, 0.5) is 11.4 Å². The smallest absolute Gasteiger partial charge is 0.267 e. The van der Waals surface area contributed by atoms with Gasteiger partial charge in [-0.15, -0.1) is 11.3 Å². The number of halogens is 1. The third kappa shape index (κ3) is 4.77. The van der Waals surface area contributed by atoms with Gasteiger partial charge in [0.2, 0.25) is 0 Å². The number of sulfonamides is 1. The Morgan fingerprint density at radius 2 is 1.78 bits per heavy atom. The van der Waals surface area contributed by atoms with E-state index in [1.165, 1.54) is 12.1 Å². The lowest BCUT2D eigenvalue weighted by Gasteiger charge is -2.11. The molecule has 2 aromatic carbocycles. The number of hydrogen-bond acceptors (Lipinski definition) is 7. The summed E-state index contributed by atoms with van der Waals surface area (Å²) in [7, 11) is -3.91. The third-order valence-corrected chi connectivity index (χ3v) is 7.13. The van der Waals surface area contributed by atoms with Gasteiger partial charge in [-0.1, -0.05) is 29.8 Å². The molecule has 0 aliphatic heterocycles. The number of nitrogens with one attached hydrogen (secondary N) is 2. The highest BCUT2D eigenvalue weighted by molar-refractivity contribution is 7.92.